The van der Waals surface area contributed by atoms with Crippen molar-refractivity contribution in [2.24, 2.45) is 0 Å². The highest BCUT2D eigenvalue weighted by Crippen LogP contribution is 2.32. The van der Waals surface area contributed by atoms with Gasteiger partial charge in [0.25, 0.3) is 0 Å². The van der Waals surface area contributed by atoms with Crippen molar-refractivity contribution in [2.75, 3.05) is 7.11 Å². The van der Waals surface area contributed by atoms with E-state index < -0.39 is 10.1 Å². The van der Waals surface area contributed by atoms with Crippen LogP contribution in [0.2, 0.25) is 0 Å². The Bertz CT molecular complexity index is 748. The van der Waals surface area contributed by atoms with Gasteiger partial charge in [0.1, 0.15) is 4.90 Å². The minimum absolute atomic E-state index is 0.0101. The fourth-order valence-electron chi connectivity index (χ4n) is 1.74. The van der Waals surface area contributed by atoms with Gasteiger partial charge in [-0.05, 0) is 31.2 Å². The number of rotatable bonds is 5. The zero-order valence-corrected chi connectivity index (χ0v) is 12.4. The van der Waals surface area contributed by atoms with Crippen LogP contribution in [0.1, 0.15) is 15.9 Å². The molecule has 0 saturated heterocycles. The second kappa shape index (κ2) is 5.97. The van der Waals surface area contributed by atoms with Crippen molar-refractivity contribution in [3.8, 4) is 11.5 Å². The quantitative estimate of drug-likeness (QED) is 0.627. The molecule has 0 aliphatic carbocycles. The van der Waals surface area contributed by atoms with Gasteiger partial charge in [-0.2, -0.15) is 8.42 Å². The first-order valence-corrected chi connectivity index (χ1v) is 7.52. The fourth-order valence-corrected chi connectivity index (χ4v) is 2.70. The molecular weight excluding hydrogens is 292 g/mol. The lowest BCUT2D eigenvalue weighted by atomic mass is 10.2. The van der Waals surface area contributed by atoms with Crippen LogP contribution in [0.5, 0.6) is 11.5 Å². The first-order chi connectivity index (χ1) is 9.97. The zero-order chi connectivity index (χ0) is 15.5. The van der Waals surface area contributed by atoms with Crippen molar-refractivity contribution in [1.29, 1.82) is 0 Å². The molecule has 2 rings (SSSR count). The number of ether oxygens (including phenoxy) is 1. The molecule has 110 valence electrons. The molecule has 0 atom stereocenters. The summed E-state index contributed by atoms with van der Waals surface area (Å²) in [6, 6.07) is 10.8. The first kappa shape index (κ1) is 15.1. The van der Waals surface area contributed by atoms with Crippen molar-refractivity contribution < 1.29 is 22.1 Å². The van der Waals surface area contributed by atoms with Crippen molar-refractivity contribution in [2.45, 2.75) is 11.8 Å². The minimum atomic E-state index is -4.03. The summed E-state index contributed by atoms with van der Waals surface area (Å²) in [5.74, 6) is 0.0610. The average molecular weight is 306 g/mol. The summed E-state index contributed by atoms with van der Waals surface area (Å²) in [5.41, 5.74) is 1.03. The molecule has 0 amide bonds. The zero-order valence-electron chi connectivity index (χ0n) is 11.6. The predicted molar refractivity (Wildman–Crippen MR) is 77.4 cm³/mol. The number of para-hydroxylation sites is 1. The maximum absolute atomic E-state index is 12.3. The van der Waals surface area contributed by atoms with E-state index >= 15 is 0 Å². The Morgan fingerprint density at radius 1 is 1.05 bits per heavy atom. The molecule has 0 aliphatic rings. The van der Waals surface area contributed by atoms with Crippen LogP contribution in [0.25, 0.3) is 0 Å². The second-order valence-electron chi connectivity index (χ2n) is 4.35. The Kier molecular flexibility index (Phi) is 4.28. The average Bonchev–Trinajstić information content (AvgIpc) is 2.47. The molecule has 0 unspecified atom stereocenters. The van der Waals surface area contributed by atoms with Gasteiger partial charge in [0.15, 0.2) is 17.8 Å². The lowest BCUT2D eigenvalue weighted by molar-refractivity contribution is 0.112. The van der Waals surface area contributed by atoms with Crippen LogP contribution < -0.4 is 8.92 Å². The topological polar surface area (TPSA) is 69.7 Å². The van der Waals surface area contributed by atoms with Gasteiger partial charge in [-0.3, -0.25) is 4.79 Å². The molecule has 0 saturated carbocycles. The maximum atomic E-state index is 12.3. The van der Waals surface area contributed by atoms with E-state index in [9.17, 15) is 13.2 Å². The van der Waals surface area contributed by atoms with E-state index in [1.165, 1.54) is 31.4 Å². The van der Waals surface area contributed by atoms with Gasteiger partial charge in [-0.15, -0.1) is 0 Å². The summed E-state index contributed by atoms with van der Waals surface area (Å²) in [5, 5.41) is 0. The van der Waals surface area contributed by atoms with Crippen LogP contribution in [-0.4, -0.2) is 21.8 Å². The third-order valence-electron chi connectivity index (χ3n) is 2.86. The summed E-state index contributed by atoms with van der Waals surface area (Å²) in [6.07, 6.45) is 0.516. The van der Waals surface area contributed by atoms with Crippen LogP contribution in [-0.2, 0) is 10.1 Å². The number of aryl methyl sites for hydroxylation is 1. The maximum Gasteiger partial charge on any atom is 0.339 e. The van der Waals surface area contributed by atoms with Gasteiger partial charge in [0.2, 0.25) is 0 Å². The lowest BCUT2D eigenvalue weighted by Crippen LogP contribution is -2.11. The Morgan fingerprint density at radius 3 is 2.29 bits per heavy atom. The minimum Gasteiger partial charge on any atom is -0.493 e. The van der Waals surface area contributed by atoms with Crippen molar-refractivity contribution in [1.82, 2.24) is 0 Å². The molecule has 0 radical (unpaired) electrons. The molecule has 6 heteroatoms. The SMILES string of the molecule is COc1cccc(C=O)c1OS(=O)(=O)c1ccc(C)cc1. The lowest BCUT2D eigenvalue weighted by Gasteiger charge is -2.12. The Morgan fingerprint density at radius 2 is 1.71 bits per heavy atom. The first-order valence-electron chi connectivity index (χ1n) is 6.11. The smallest absolute Gasteiger partial charge is 0.339 e. The van der Waals surface area contributed by atoms with E-state index in [4.69, 9.17) is 8.92 Å². The molecule has 0 spiro atoms. The molecule has 21 heavy (non-hydrogen) atoms. The van der Waals surface area contributed by atoms with E-state index in [2.05, 4.69) is 0 Å². The number of methoxy groups -OCH3 is 1. The highest BCUT2D eigenvalue weighted by molar-refractivity contribution is 7.87. The molecule has 2 aromatic carbocycles. The van der Waals surface area contributed by atoms with E-state index in [-0.39, 0.29) is 22.0 Å². The van der Waals surface area contributed by atoms with Gasteiger partial charge in [-0.1, -0.05) is 23.8 Å². The molecule has 0 heterocycles. The summed E-state index contributed by atoms with van der Waals surface area (Å²) >= 11 is 0. The van der Waals surface area contributed by atoms with Crippen molar-refractivity contribution in [3.63, 3.8) is 0 Å². The third kappa shape index (κ3) is 3.22. The molecular formula is C15H14O5S. The van der Waals surface area contributed by atoms with E-state index in [0.29, 0.717) is 6.29 Å². The van der Waals surface area contributed by atoms with E-state index in [0.717, 1.165) is 5.56 Å². The van der Waals surface area contributed by atoms with Gasteiger partial charge >= 0.3 is 10.1 Å². The number of aldehydes is 1. The molecule has 0 N–H and O–H groups in total. The number of carbonyl (C=O) groups excluding carboxylic acids is 1. The van der Waals surface area contributed by atoms with Gasteiger partial charge < -0.3 is 8.92 Å². The Hall–Kier alpha value is -2.34. The molecule has 0 fully saturated rings. The van der Waals surface area contributed by atoms with Crippen LogP contribution in [0, 0.1) is 6.92 Å². The molecule has 5 nitrogen and oxygen atoms in total. The number of hydrogen-bond acceptors (Lipinski definition) is 5. The van der Waals surface area contributed by atoms with Gasteiger partial charge in [-0.25, -0.2) is 0 Å². The Balaban J connectivity index is 2.45. The summed E-state index contributed by atoms with van der Waals surface area (Å²) in [7, 11) is -2.66. The van der Waals surface area contributed by atoms with Gasteiger partial charge in [0.05, 0.1) is 12.7 Å². The molecule has 0 aromatic heterocycles. The van der Waals surface area contributed by atoms with E-state index in [1.807, 2.05) is 6.92 Å². The van der Waals surface area contributed by atoms with E-state index in [1.54, 1.807) is 18.2 Å². The highest BCUT2D eigenvalue weighted by Gasteiger charge is 2.21. The standard InChI is InChI=1S/C15H14O5S/c1-11-6-8-13(9-7-11)21(17,18)20-15-12(10-16)4-3-5-14(15)19-2/h3-10H,1-2H3. The Labute approximate surface area is 123 Å². The van der Waals surface area contributed by atoms with Crippen LogP contribution in [0.4, 0.5) is 0 Å². The third-order valence-corrected chi connectivity index (χ3v) is 4.09. The second-order valence-corrected chi connectivity index (χ2v) is 5.89. The molecule has 0 aliphatic heterocycles. The highest BCUT2D eigenvalue weighted by atomic mass is 32.2. The number of hydrogen-bond donors (Lipinski definition) is 0. The summed E-state index contributed by atoms with van der Waals surface area (Å²) < 4.78 is 34.6. The van der Waals surface area contributed by atoms with Crippen molar-refractivity contribution >= 4 is 16.4 Å². The van der Waals surface area contributed by atoms with Crippen LogP contribution in [0.15, 0.2) is 47.4 Å². The fraction of sp³-hybridized carbons (Fsp3) is 0.133. The summed E-state index contributed by atoms with van der Waals surface area (Å²) in [4.78, 5) is 11.0. The van der Waals surface area contributed by atoms with Crippen LogP contribution in [0.3, 0.4) is 0 Å². The monoisotopic (exact) mass is 306 g/mol. The van der Waals surface area contributed by atoms with Crippen molar-refractivity contribution in [3.05, 3.63) is 53.6 Å². The predicted octanol–water partition coefficient (Wildman–Crippen LogP) is 2.58. The van der Waals surface area contributed by atoms with Crippen LogP contribution >= 0.6 is 0 Å². The molecule has 0 bridgehead atoms. The summed E-state index contributed by atoms with van der Waals surface area (Å²) in [6.45, 7) is 1.85. The largest absolute Gasteiger partial charge is 0.493 e. The van der Waals surface area contributed by atoms with Gasteiger partial charge in [0, 0.05) is 0 Å². The number of benzene rings is 2. The number of carbonyl (C=O) groups is 1. The normalized spacial score (nSPS) is 11.0. The molecule has 2 aromatic rings.